The second kappa shape index (κ2) is 5.78. The van der Waals surface area contributed by atoms with E-state index in [0.717, 1.165) is 30.5 Å². The monoisotopic (exact) mass is 323 g/mol. The molecule has 0 saturated heterocycles. The van der Waals surface area contributed by atoms with E-state index in [1.165, 1.54) is 0 Å². The fourth-order valence-corrected chi connectivity index (χ4v) is 3.78. The summed E-state index contributed by atoms with van der Waals surface area (Å²) in [6.07, 6.45) is 1.86. The lowest BCUT2D eigenvalue weighted by atomic mass is 10.0. The quantitative estimate of drug-likeness (QED) is 0.917. The van der Waals surface area contributed by atoms with Crippen LogP contribution in [0.5, 0.6) is 0 Å². The second-order valence-corrected chi connectivity index (χ2v) is 7.17. The molecule has 1 fully saturated rings. The normalized spacial score (nSPS) is 16.5. The maximum absolute atomic E-state index is 13.3. The molecule has 1 saturated carbocycles. The molecule has 0 aromatic heterocycles. The summed E-state index contributed by atoms with van der Waals surface area (Å²) in [4.78, 5) is -0.397. The summed E-state index contributed by atoms with van der Waals surface area (Å²) in [6, 6.07) is 11.1. The molecule has 3 rings (SSSR count). The van der Waals surface area contributed by atoms with E-state index in [2.05, 4.69) is 4.72 Å². The number of hydrogen-bond acceptors (Lipinski definition) is 2. The van der Waals surface area contributed by atoms with Crippen molar-refractivity contribution < 1.29 is 17.2 Å². The summed E-state index contributed by atoms with van der Waals surface area (Å²) in [5.41, 5.74) is 0.852. The van der Waals surface area contributed by atoms with Crippen molar-refractivity contribution in [1.29, 1.82) is 0 Å². The number of nitrogens with one attached hydrogen (secondary N) is 1. The Morgan fingerprint density at radius 2 is 1.59 bits per heavy atom. The van der Waals surface area contributed by atoms with Crippen LogP contribution in [0.4, 0.5) is 8.78 Å². The van der Waals surface area contributed by atoms with Gasteiger partial charge >= 0.3 is 0 Å². The molecule has 2 aromatic rings. The fourth-order valence-electron chi connectivity index (χ4n) is 2.45. The van der Waals surface area contributed by atoms with Crippen molar-refractivity contribution in [3.8, 4) is 0 Å². The lowest BCUT2D eigenvalue weighted by Gasteiger charge is -2.19. The van der Waals surface area contributed by atoms with E-state index in [4.69, 9.17) is 0 Å². The molecule has 3 nitrogen and oxygen atoms in total. The number of hydrogen-bond donors (Lipinski definition) is 1. The van der Waals surface area contributed by atoms with Gasteiger partial charge in [-0.3, -0.25) is 0 Å². The second-order valence-electron chi connectivity index (χ2n) is 5.45. The van der Waals surface area contributed by atoms with Crippen LogP contribution >= 0.6 is 0 Å². The topological polar surface area (TPSA) is 46.2 Å². The Morgan fingerprint density at radius 3 is 2.14 bits per heavy atom. The Morgan fingerprint density at radius 1 is 1.00 bits per heavy atom. The molecule has 1 N–H and O–H groups in total. The predicted octanol–water partition coefficient (Wildman–Crippen LogP) is 3.39. The highest BCUT2D eigenvalue weighted by molar-refractivity contribution is 7.89. The highest BCUT2D eigenvalue weighted by Crippen LogP contribution is 2.41. The molecule has 6 heteroatoms. The van der Waals surface area contributed by atoms with Crippen molar-refractivity contribution in [2.45, 2.75) is 23.8 Å². The van der Waals surface area contributed by atoms with Crippen LogP contribution in [0, 0.1) is 17.6 Å². The van der Waals surface area contributed by atoms with E-state index in [1.807, 2.05) is 30.3 Å². The van der Waals surface area contributed by atoms with Gasteiger partial charge in [-0.2, -0.15) is 0 Å². The van der Waals surface area contributed by atoms with E-state index in [9.17, 15) is 17.2 Å². The molecular formula is C16H15F2NO2S. The van der Waals surface area contributed by atoms with Crippen LogP contribution in [0.15, 0.2) is 53.4 Å². The summed E-state index contributed by atoms with van der Waals surface area (Å²) >= 11 is 0. The van der Waals surface area contributed by atoms with E-state index in [1.54, 1.807) is 0 Å². The van der Waals surface area contributed by atoms with E-state index in [-0.39, 0.29) is 12.0 Å². The first-order valence-corrected chi connectivity index (χ1v) is 8.47. The molecule has 0 radical (unpaired) electrons. The summed E-state index contributed by atoms with van der Waals surface area (Å²) in [7, 11) is -3.99. The van der Waals surface area contributed by atoms with Crippen molar-refractivity contribution in [3.63, 3.8) is 0 Å². The lowest BCUT2D eigenvalue weighted by molar-refractivity contribution is 0.524. The Labute approximate surface area is 128 Å². The zero-order valence-corrected chi connectivity index (χ0v) is 12.5. The SMILES string of the molecule is O=S(=O)(NC(c1ccccc1)C1CC1)c1cc(F)cc(F)c1. The zero-order valence-electron chi connectivity index (χ0n) is 11.7. The number of halogens is 2. The van der Waals surface area contributed by atoms with Crippen molar-refractivity contribution in [1.82, 2.24) is 4.72 Å². The van der Waals surface area contributed by atoms with Crippen molar-refractivity contribution in [2.24, 2.45) is 5.92 Å². The van der Waals surface area contributed by atoms with Gasteiger partial charge in [-0.15, -0.1) is 0 Å². The molecule has 1 atom stereocenters. The zero-order chi connectivity index (χ0) is 15.7. The summed E-state index contributed by atoms with van der Waals surface area (Å²) in [5.74, 6) is -1.61. The van der Waals surface area contributed by atoms with Gasteiger partial charge in [0.05, 0.1) is 4.90 Å². The highest BCUT2D eigenvalue weighted by atomic mass is 32.2. The molecule has 0 amide bonds. The van der Waals surface area contributed by atoms with E-state index < -0.39 is 26.6 Å². The Hall–Kier alpha value is -1.79. The van der Waals surface area contributed by atoms with Gasteiger partial charge in [0.1, 0.15) is 11.6 Å². The molecular weight excluding hydrogens is 308 g/mol. The number of sulfonamides is 1. The molecule has 0 aliphatic heterocycles. The maximum atomic E-state index is 13.3. The third-order valence-corrected chi connectivity index (χ3v) is 5.10. The molecule has 0 bridgehead atoms. The smallest absolute Gasteiger partial charge is 0.207 e. The molecule has 0 spiro atoms. The first-order valence-electron chi connectivity index (χ1n) is 6.99. The van der Waals surface area contributed by atoms with Gasteiger partial charge in [-0.1, -0.05) is 30.3 Å². The first-order chi connectivity index (χ1) is 10.5. The average molecular weight is 323 g/mol. The van der Waals surface area contributed by atoms with Crippen molar-refractivity contribution in [3.05, 3.63) is 65.7 Å². The Kier molecular flexibility index (Phi) is 3.97. The van der Waals surface area contributed by atoms with Crippen molar-refractivity contribution >= 4 is 10.0 Å². The highest BCUT2D eigenvalue weighted by Gasteiger charge is 2.35. The third-order valence-electron chi connectivity index (χ3n) is 3.68. The standard InChI is InChI=1S/C16H15F2NO2S/c17-13-8-14(18)10-15(9-13)22(20,21)19-16(12-6-7-12)11-4-2-1-3-5-11/h1-5,8-10,12,16,19H,6-7H2. The molecule has 116 valence electrons. The van der Waals surface area contributed by atoms with Gasteiger partial charge in [0.2, 0.25) is 10.0 Å². The largest absolute Gasteiger partial charge is 0.241 e. The van der Waals surface area contributed by atoms with E-state index in [0.29, 0.717) is 6.07 Å². The van der Waals surface area contributed by atoms with Crippen LogP contribution in [0.1, 0.15) is 24.4 Å². The van der Waals surface area contributed by atoms with Crippen LogP contribution in [0.25, 0.3) is 0 Å². The van der Waals surface area contributed by atoms with Crippen LogP contribution in [0.3, 0.4) is 0 Å². The number of benzene rings is 2. The van der Waals surface area contributed by atoms with Gasteiger partial charge in [-0.25, -0.2) is 21.9 Å². The lowest BCUT2D eigenvalue weighted by Crippen LogP contribution is -2.30. The minimum Gasteiger partial charge on any atom is -0.207 e. The summed E-state index contributed by atoms with van der Waals surface area (Å²) in [6.45, 7) is 0. The first kappa shape index (κ1) is 15.1. The molecule has 1 aliphatic rings. The third kappa shape index (κ3) is 3.34. The van der Waals surface area contributed by atoms with Crippen molar-refractivity contribution in [2.75, 3.05) is 0 Å². The van der Waals surface area contributed by atoms with Crippen LogP contribution in [0.2, 0.25) is 0 Å². The average Bonchev–Trinajstić information content (AvgIpc) is 3.29. The van der Waals surface area contributed by atoms with Gasteiger partial charge < -0.3 is 0 Å². The molecule has 1 unspecified atom stereocenters. The molecule has 0 heterocycles. The molecule has 1 aliphatic carbocycles. The van der Waals surface area contributed by atoms with Crippen LogP contribution in [-0.4, -0.2) is 8.42 Å². The fraction of sp³-hybridized carbons (Fsp3) is 0.250. The van der Waals surface area contributed by atoms with Gasteiger partial charge in [0, 0.05) is 12.1 Å². The van der Waals surface area contributed by atoms with Crippen LogP contribution in [-0.2, 0) is 10.0 Å². The maximum Gasteiger partial charge on any atom is 0.241 e. The van der Waals surface area contributed by atoms with Gasteiger partial charge in [-0.05, 0) is 36.5 Å². The molecule has 22 heavy (non-hydrogen) atoms. The minimum atomic E-state index is -3.99. The number of rotatable bonds is 5. The summed E-state index contributed by atoms with van der Waals surface area (Å²) < 4.78 is 53.9. The van der Waals surface area contributed by atoms with E-state index >= 15 is 0 Å². The van der Waals surface area contributed by atoms with Gasteiger partial charge in [0.25, 0.3) is 0 Å². The predicted molar refractivity (Wildman–Crippen MR) is 78.6 cm³/mol. The molecule has 2 aromatic carbocycles. The van der Waals surface area contributed by atoms with Gasteiger partial charge in [0.15, 0.2) is 0 Å². The Bertz CT molecular complexity index is 754. The van der Waals surface area contributed by atoms with Crippen LogP contribution < -0.4 is 4.72 Å². The minimum absolute atomic E-state index is 0.218. The Balaban J connectivity index is 1.92. The summed E-state index contributed by atoms with van der Waals surface area (Å²) in [5, 5.41) is 0.